The lowest BCUT2D eigenvalue weighted by molar-refractivity contribution is -0.131. The molecule has 1 aromatic heterocycles. The van der Waals surface area contributed by atoms with Crippen LogP contribution in [0.4, 0.5) is 11.5 Å². The molecule has 3 aromatic rings. The molecule has 2 saturated heterocycles. The molecule has 0 bridgehead atoms. The molecule has 2 amide bonds. The highest BCUT2D eigenvalue weighted by Crippen LogP contribution is 2.36. The fraction of sp³-hybridized carbons (Fsp3) is 0.457. The second kappa shape index (κ2) is 13.3. The monoisotopic (exact) mass is 622 g/mol. The molecule has 1 N–H and O–H groups in total. The normalized spacial score (nSPS) is 19.9. The lowest BCUT2D eigenvalue weighted by atomic mass is 9.99. The van der Waals surface area contributed by atoms with Crippen molar-refractivity contribution in [2.24, 2.45) is 0 Å². The van der Waals surface area contributed by atoms with Crippen LogP contribution in [0.1, 0.15) is 36.6 Å². The first-order valence-corrected chi connectivity index (χ1v) is 16.0. The Morgan fingerprint density at radius 3 is 2.63 bits per heavy atom. The Morgan fingerprint density at radius 1 is 1.09 bits per heavy atom. The summed E-state index contributed by atoms with van der Waals surface area (Å²) in [6.45, 7) is 19.3. The molecule has 4 heterocycles. The molecule has 0 saturated carbocycles. The first-order valence-electron chi connectivity index (χ1n) is 16.0. The Kier molecular flexibility index (Phi) is 9.08. The minimum absolute atomic E-state index is 0.0201. The predicted molar refractivity (Wildman–Crippen MR) is 179 cm³/mol. The van der Waals surface area contributed by atoms with Crippen LogP contribution in [-0.4, -0.2) is 96.6 Å². The molecule has 3 aliphatic rings. The summed E-state index contributed by atoms with van der Waals surface area (Å²) >= 11 is 0. The Labute approximate surface area is 270 Å². The van der Waals surface area contributed by atoms with Gasteiger partial charge in [-0.15, -0.1) is 0 Å². The highest BCUT2D eigenvalue weighted by atomic mass is 16.5. The number of aromatic nitrogens is 2. The number of carbonyl (C=O) groups is 2. The van der Waals surface area contributed by atoms with Crippen molar-refractivity contribution in [2.75, 3.05) is 62.7 Å². The molecule has 2 aromatic carbocycles. The number of amides is 2. The van der Waals surface area contributed by atoms with Gasteiger partial charge in [-0.2, -0.15) is 9.97 Å². The summed E-state index contributed by atoms with van der Waals surface area (Å²) in [4.78, 5) is 47.0. The number of piperazine rings is 1. The van der Waals surface area contributed by atoms with E-state index in [0.717, 1.165) is 49.4 Å². The molecule has 0 radical (unpaired) electrons. The van der Waals surface area contributed by atoms with E-state index in [1.807, 2.05) is 0 Å². The van der Waals surface area contributed by atoms with Crippen LogP contribution in [-0.2, 0) is 22.6 Å². The van der Waals surface area contributed by atoms with Gasteiger partial charge in [-0.05, 0) is 56.8 Å². The zero-order chi connectivity index (χ0) is 32.4. The number of ether oxygens (including phenoxy) is 1. The molecule has 0 aliphatic carbocycles. The molecule has 11 heteroatoms. The summed E-state index contributed by atoms with van der Waals surface area (Å²) in [7, 11) is 2.13. The standard InChI is InChI=1S/C35H42N8O3/c1-23-9-6-10-26-11-7-13-31(32(23)26)41-16-14-29-30(21-41)38-35(46-22-27-12-8-15-40(27)5)39-33(29)42-17-18-43(28(20-42)19-36-4)34(45)24(2)37-25(3)44/h6-7,9-11,13,27-28H,2,8,12,14-22H2,1,3,5H3,(H,37,44)/t27-,28-/m0/s1. The third kappa shape index (κ3) is 6.35. The Morgan fingerprint density at radius 2 is 1.89 bits per heavy atom. The van der Waals surface area contributed by atoms with E-state index in [-0.39, 0.29) is 30.1 Å². The summed E-state index contributed by atoms with van der Waals surface area (Å²) in [6, 6.07) is 13.2. The molecular weight excluding hydrogens is 580 g/mol. The Balaban J connectivity index is 1.31. The molecule has 11 nitrogen and oxygen atoms in total. The van der Waals surface area contributed by atoms with E-state index in [1.54, 1.807) is 4.90 Å². The zero-order valence-corrected chi connectivity index (χ0v) is 27.0. The fourth-order valence-electron chi connectivity index (χ4n) is 7.07. The number of fused-ring (bicyclic) bond motifs is 2. The first kappa shape index (κ1) is 31.3. The van der Waals surface area contributed by atoms with E-state index in [2.05, 4.69) is 81.8 Å². The van der Waals surface area contributed by atoms with Crippen molar-refractivity contribution in [3.05, 3.63) is 76.9 Å². The third-order valence-corrected chi connectivity index (χ3v) is 9.46. The molecule has 0 unspecified atom stereocenters. The quantitative estimate of drug-likeness (QED) is 0.301. The maximum absolute atomic E-state index is 13.2. The van der Waals surface area contributed by atoms with E-state index in [0.29, 0.717) is 44.8 Å². The van der Waals surface area contributed by atoms with Crippen molar-refractivity contribution in [3.63, 3.8) is 0 Å². The van der Waals surface area contributed by atoms with Gasteiger partial charge in [0, 0.05) is 55.8 Å². The molecular formula is C35H42N8O3. The number of aryl methyl sites for hydroxylation is 1. The van der Waals surface area contributed by atoms with Gasteiger partial charge < -0.3 is 34.5 Å². The van der Waals surface area contributed by atoms with Crippen LogP contribution < -0.4 is 19.9 Å². The van der Waals surface area contributed by atoms with Gasteiger partial charge in [0.15, 0.2) is 0 Å². The van der Waals surface area contributed by atoms with Gasteiger partial charge >= 0.3 is 6.01 Å². The molecule has 6 rings (SSSR count). The molecule has 0 spiro atoms. The summed E-state index contributed by atoms with van der Waals surface area (Å²) < 4.78 is 6.32. The van der Waals surface area contributed by atoms with Gasteiger partial charge in [-0.1, -0.05) is 36.9 Å². The van der Waals surface area contributed by atoms with Gasteiger partial charge in [0.25, 0.3) is 5.91 Å². The number of likely N-dealkylation sites (N-methyl/N-ethyl adjacent to an activating group) is 1. The number of carbonyl (C=O) groups excluding carboxylic acids is 2. The van der Waals surface area contributed by atoms with E-state index >= 15 is 0 Å². The largest absolute Gasteiger partial charge is 0.462 e. The molecule has 2 fully saturated rings. The molecule has 46 heavy (non-hydrogen) atoms. The number of nitrogens with zero attached hydrogens (tertiary/aromatic N) is 7. The van der Waals surface area contributed by atoms with Gasteiger partial charge in [-0.3, -0.25) is 9.59 Å². The lowest BCUT2D eigenvalue weighted by Gasteiger charge is -2.41. The van der Waals surface area contributed by atoms with Crippen molar-refractivity contribution in [1.29, 1.82) is 0 Å². The number of benzene rings is 2. The number of hydrogen-bond donors (Lipinski definition) is 1. The first-order chi connectivity index (χ1) is 22.2. The number of rotatable bonds is 8. The van der Waals surface area contributed by atoms with Gasteiger partial charge in [-0.25, -0.2) is 6.57 Å². The zero-order valence-electron chi connectivity index (χ0n) is 27.0. The molecule has 3 aliphatic heterocycles. The van der Waals surface area contributed by atoms with Gasteiger partial charge in [0.2, 0.25) is 12.5 Å². The number of nitrogens with one attached hydrogen (secondary N) is 1. The average Bonchev–Trinajstić information content (AvgIpc) is 3.46. The second-order valence-electron chi connectivity index (χ2n) is 12.6. The minimum atomic E-state index is -0.384. The summed E-state index contributed by atoms with van der Waals surface area (Å²) in [5.41, 5.74) is 4.48. The van der Waals surface area contributed by atoms with Crippen LogP contribution >= 0.6 is 0 Å². The topological polar surface area (TPSA) is 98.5 Å². The van der Waals surface area contributed by atoms with Crippen LogP contribution in [0.25, 0.3) is 15.6 Å². The van der Waals surface area contributed by atoms with E-state index in [9.17, 15) is 9.59 Å². The number of anilines is 2. The van der Waals surface area contributed by atoms with Crippen LogP contribution in [0.3, 0.4) is 0 Å². The van der Waals surface area contributed by atoms with Crippen molar-refractivity contribution in [2.45, 2.75) is 51.7 Å². The minimum Gasteiger partial charge on any atom is -0.462 e. The van der Waals surface area contributed by atoms with E-state index in [4.69, 9.17) is 21.3 Å². The Hall–Kier alpha value is -4.69. The number of hydrogen-bond acceptors (Lipinski definition) is 8. The molecule has 2 atom stereocenters. The van der Waals surface area contributed by atoms with Crippen LogP contribution in [0.5, 0.6) is 6.01 Å². The third-order valence-electron chi connectivity index (χ3n) is 9.46. The average molecular weight is 623 g/mol. The van der Waals surface area contributed by atoms with Crippen LogP contribution in [0.2, 0.25) is 0 Å². The molecule has 240 valence electrons. The van der Waals surface area contributed by atoms with Crippen LogP contribution in [0, 0.1) is 13.5 Å². The summed E-state index contributed by atoms with van der Waals surface area (Å²) in [5, 5.41) is 4.98. The predicted octanol–water partition coefficient (Wildman–Crippen LogP) is 3.56. The van der Waals surface area contributed by atoms with Crippen molar-refractivity contribution in [1.82, 2.24) is 25.1 Å². The SMILES string of the molecule is [C-]#[N+]C[C@H]1CN(c2nc(OC[C@@H]3CCCN3C)nc3c2CCN(c2cccc4cccc(C)c24)C3)CCN1C(=O)C(=C)NC(C)=O. The maximum Gasteiger partial charge on any atom is 0.318 e. The summed E-state index contributed by atoms with van der Waals surface area (Å²) in [6.07, 6.45) is 2.99. The van der Waals surface area contributed by atoms with E-state index in [1.165, 1.54) is 28.9 Å². The second-order valence-corrected chi connectivity index (χ2v) is 12.6. The van der Waals surface area contributed by atoms with Gasteiger partial charge in [0.05, 0.1) is 17.9 Å². The maximum atomic E-state index is 13.2. The highest BCUT2D eigenvalue weighted by Gasteiger charge is 2.36. The van der Waals surface area contributed by atoms with Crippen molar-refractivity contribution in [3.8, 4) is 6.01 Å². The van der Waals surface area contributed by atoms with Gasteiger partial charge in [0.1, 0.15) is 18.5 Å². The van der Waals surface area contributed by atoms with Crippen molar-refractivity contribution >= 4 is 34.1 Å². The van der Waals surface area contributed by atoms with Crippen molar-refractivity contribution < 1.29 is 14.3 Å². The fourth-order valence-corrected chi connectivity index (χ4v) is 7.07. The lowest BCUT2D eigenvalue weighted by Crippen LogP contribution is -2.58. The number of likely N-dealkylation sites (tertiary alicyclic amines) is 1. The summed E-state index contributed by atoms with van der Waals surface area (Å²) in [5.74, 6) is 0.102. The highest BCUT2D eigenvalue weighted by molar-refractivity contribution is 5.97. The van der Waals surface area contributed by atoms with E-state index < -0.39 is 0 Å². The smallest absolute Gasteiger partial charge is 0.318 e. The van der Waals surface area contributed by atoms with Crippen LogP contribution in [0.15, 0.2) is 48.7 Å². The Bertz CT molecular complexity index is 1700.